The van der Waals surface area contributed by atoms with Gasteiger partial charge in [0.05, 0.1) is 12.0 Å². The van der Waals surface area contributed by atoms with Crippen LogP contribution >= 0.6 is 0 Å². The lowest BCUT2D eigenvalue weighted by atomic mass is 9.95. The molecule has 0 aliphatic carbocycles. The predicted octanol–water partition coefficient (Wildman–Crippen LogP) is 4.47. The molecule has 5 heteroatoms. The second-order valence-corrected chi connectivity index (χ2v) is 8.14. The summed E-state index contributed by atoms with van der Waals surface area (Å²) in [4.78, 5) is 0.304. The number of ether oxygens (including phenoxy) is 1. The van der Waals surface area contributed by atoms with Crippen molar-refractivity contribution < 1.29 is 13.2 Å². The molecule has 0 amide bonds. The van der Waals surface area contributed by atoms with Crippen molar-refractivity contribution in [3.8, 4) is 5.75 Å². The zero-order valence-electron chi connectivity index (χ0n) is 15.0. The molecule has 136 valence electrons. The molecule has 0 saturated carbocycles. The number of aromatic nitrogens is 1. The van der Waals surface area contributed by atoms with Gasteiger partial charge in [0.2, 0.25) is 0 Å². The summed E-state index contributed by atoms with van der Waals surface area (Å²) in [6.45, 7) is 2.15. The fraction of sp³-hybridized carbons (Fsp3) is 0.238. The van der Waals surface area contributed by atoms with E-state index < -0.39 is 10.0 Å². The highest BCUT2D eigenvalue weighted by molar-refractivity contribution is 7.90. The highest BCUT2D eigenvalue weighted by atomic mass is 32.2. The molecular formula is C21H23NO3S. The minimum atomic E-state index is -3.55. The van der Waals surface area contributed by atoms with Crippen LogP contribution < -0.4 is 4.74 Å². The van der Waals surface area contributed by atoms with Crippen LogP contribution in [-0.4, -0.2) is 19.5 Å². The molecule has 2 aromatic carbocycles. The number of rotatable bonds is 7. The molecule has 3 aromatic rings. The molecule has 0 saturated heterocycles. The summed E-state index contributed by atoms with van der Waals surface area (Å²) in [5.41, 5.74) is 1.98. The molecule has 3 rings (SSSR count). The lowest BCUT2D eigenvalue weighted by Gasteiger charge is -2.15. The second-order valence-electron chi connectivity index (χ2n) is 6.33. The molecule has 1 aromatic heterocycles. The first-order chi connectivity index (χ1) is 12.5. The molecule has 26 heavy (non-hydrogen) atoms. The van der Waals surface area contributed by atoms with Crippen molar-refractivity contribution in [1.82, 2.24) is 3.97 Å². The largest absolute Gasteiger partial charge is 0.497 e. The van der Waals surface area contributed by atoms with Crippen LogP contribution in [0.1, 0.15) is 30.5 Å². The summed E-state index contributed by atoms with van der Waals surface area (Å²) in [6, 6.07) is 20.2. The van der Waals surface area contributed by atoms with E-state index in [-0.39, 0.29) is 0 Å². The molecule has 0 fully saturated rings. The molecule has 0 N–H and O–H groups in total. The van der Waals surface area contributed by atoms with Gasteiger partial charge in [-0.3, -0.25) is 0 Å². The SMILES string of the molecule is COc1cccc([C@@H](C)CCc2cccn2S(=O)(=O)c2ccccc2)c1. The third kappa shape index (κ3) is 3.83. The summed E-state index contributed by atoms with van der Waals surface area (Å²) in [6.07, 6.45) is 3.15. The van der Waals surface area contributed by atoms with Crippen LogP contribution in [0.5, 0.6) is 5.75 Å². The third-order valence-electron chi connectivity index (χ3n) is 4.59. The van der Waals surface area contributed by atoms with Crippen LogP contribution in [0.3, 0.4) is 0 Å². The number of methoxy groups -OCH3 is 1. The van der Waals surface area contributed by atoms with Crippen LogP contribution in [0.25, 0.3) is 0 Å². The standard InChI is InChI=1S/C21H23NO3S/c1-17(18-8-6-10-20(16-18)25-2)13-14-19-9-7-15-22(19)26(23,24)21-11-4-3-5-12-21/h3-12,15-17H,13-14H2,1-2H3/t17-/m0/s1. The predicted molar refractivity (Wildman–Crippen MR) is 103 cm³/mol. The average Bonchev–Trinajstić information content (AvgIpc) is 3.16. The smallest absolute Gasteiger partial charge is 0.267 e. The Morgan fingerprint density at radius 3 is 2.50 bits per heavy atom. The Labute approximate surface area is 155 Å². The van der Waals surface area contributed by atoms with E-state index >= 15 is 0 Å². The highest BCUT2D eigenvalue weighted by Crippen LogP contribution is 2.25. The maximum absolute atomic E-state index is 12.9. The van der Waals surface area contributed by atoms with Crippen LogP contribution in [-0.2, 0) is 16.4 Å². The fourth-order valence-corrected chi connectivity index (χ4v) is 4.43. The van der Waals surface area contributed by atoms with Crippen molar-refractivity contribution in [2.24, 2.45) is 0 Å². The summed E-state index contributed by atoms with van der Waals surface area (Å²) in [5, 5.41) is 0. The van der Waals surface area contributed by atoms with E-state index in [0.29, 0.717) is 17.2 Å². The van der Waals surface area contributed by atoms with Crippen LogP contribution in [0.4, 0.5) is 0 Å². The van der Waals surface area contributed by atoms with E-state index in [2.05, 4.69) is 13.0 Å². The molecule has 0 spiro atoms. The maximum atomic E-state index is 12.9. The summed E-state index contributed by atoms with van der Waals surface area (Å²) in [7, 11) is -1.89. The van der Waals surface area contributed by atoms with Crippen molar-refractivity contribution in [1.29, 1.82) is 0 Å². The van der Waals surface area contributed by atoms with Crippen molar-refractivity contribution in [2.45, 2.75) is 30.6 Å². The minimum absolute atomic E-state index is 0.299. The maximum Gasteiger partial charge on any atom is 0.267 e. The molecule has 1 atom stereocenters. The Hall–Kier alpha value is -2.53. The van der Waals surface area contributed by atoms with Gasteiger partial charge in [-0.05, 0) is 60.7 Å². The number of benzene rings is 2. The van der Waals surface area contributed by atoms with E-state index in [4.69, 9.17) is 4.74 Å². The Bertz CT molecular complexity index is 962. The Morgan fingerprint density at radius 1 is 1.00 bits per heavy atom. The summed E-state index contributed by atoms with van der Waals surface area (Å²) >= 11 is 0. The first-order valence-electron chi connectivity index (χ1n) is 8.63. The third-order valence-corrected chi connectivity index (χ3v) is 6.33. The van der Waals surface area contributed by atoms with Crippen molar-refractivity contribution in [2.75, 3.05) is 7.11 Å². The molecule has 0 aliphatic rings. The van der Waals surface area contributed by atoms with E-state index in [1.807, 2.05) is 30.3 Å². The average molecular weight is 369 g/mol. The zero-order chi connectivity index (χ0) is 18.6. The van der Waals surface area contributed by atoms with Gasteiger partial charge >= 0.3 is 0 Å². The first kappa shape index (κ1) is 18.3. The van der Waals surface area contributed by atoms with Crippen molar-refractivity contribution in [3.05, 3.63) is 84.2 Å². The monoisotopic (exact) mass is 369 g/mol. The van der Waals surface area contributed by atoms with E-state index in [9.17, 15) is 8.42 Å². The van der Waals surface area contributed by atoms with E-state index in [1.165, 1.54) is 9.54 Å². The quantitative estimate of drug-likeness (QED) is 0.617. The van der Waals surface area contributed by atoms with E-state index in [0.717, 1.165) is 17.9 Å². The molecule has 0 unspecified atom stereocenters. The summed E-state index contributed by atoms with van der Waals surface area (Å²) in [5.74, 6) is 1.14. The molecule has 0 bridgehead atoms. The lowest BCUT2D eigenvalue weighted by Crippen LogP contribution is -2.15. The van der Waals surface area contributed by atoms with Gasteiger partial charge in [0.15, 0.2) is 0 Å². The van der Waals surface area contributed by atoms with Gasteiger partial charge in [-0.2, -0.15) is 0 Å². The Balaban J connectivity index is 1.77. The Morgan fingerprint density at radius 2 is 1.77 bits per heavy atom. The fourth-order valence-electron chi connectivity index (χ4n) is 3.01. The normalized spacial score (nSPS) is 12.7. The summed E-state index contributed by atoms with van der Waals surface area (Å²) < 4.78 is 32.4. The first-order valence-corrected chi connectivity index (χ1v) is 10.1. The van der Waals surface area contributed by atoms with Gasteiger partial charge in [0.1, 0.15) is 5.75 Å². The van der Waals surface area contributed by atoms with Gasteiger partial charge in [-0.15, -0.1) is 0 Å². The Kier molecular flexibility index (Phi) is 5.47. The van der Waals surface area contributed by atoms with Gasteiger partial charge in [0, 0.05) is 11.9 Å². The van der Waals surface area contributed by atoms with Gasteiger partial charge in [-0.1, -0.05) is 37.3 Å². The topological polar surface area (TPSA) is 48.3 Å². The molecule has 4 nitrogen and oxygen atoms in total. The highest BCUT2D eigenvalue weighted by Gasteiger charge is 2.19. The van der Waals surface area contributed by atoms with E-state index in [1.54, 1.807) is 43.6 Å². The van der Waals surface area contributed by atoms with Gasteiger partial charge < -0.3 is 4.74 Å². The lowest BCUT2D eigenvalue weighted by molar-refractivity contribution is 0.413. The van der Waals surface area contributed by atoms with Crippen molar-refractivity contribution in [3.63, 3.8) is 0 Å². The number of hydrogen-bond acceptors (Lipinski definition) is 3. The minimum Gasteiger partial charge on any atom is -0.497 e. The molecular weight excluding hydrogens is 346 g/mol. The van der Waals surface area contributed by atoms with Crippen LogP contribution in [0, 0.1) is 0 Å². The van der Waals surface area contributed by atoms with Crippen LogP contribution in [0.2, 0.25) is 0 Å². The molecule has 1 heterocycles. The second kappa shape index (κ2) is 7.79. The molecule has 0 aliphatic heterocycles. The van der Waals surface area contributed by atoms with Crippen LogP contribution in [0.15, 0.2) is 77.8 Å². The van der Waals surface area contributed by atoms with Gasteiger partial charge in [0.25, 0.3) is 10.0 Å². The number of nitrogens with zero attached hydrogens (tertiary/aromatic N) is 1. The number of hydrogen-bond donors (Lipinski definition) is 0. The number of aryl methyl sites for hydroxylation is 1. The van der Waals surface area contributed by atoms with Crippen molar-refractivity contribution >= 4 is 10.0 Å². The van der Waals surface area contributed by atoms with Gasteiger partial charge in [-0.25, -0.2) is 12.4 Å². The molecule has 0 radical (unpaired) electrons. The zero-order valence-corrected chi connectivity index (χ0v) is 15.8.